The molecule has 0 saturated heterocycles. The summed E-state index contributed by atoms with van der Waals surface area (Å²) < 4.78 is 5.32. The van der Waals surface area contributed by atoms with Gasteiger partial charge in [0.25, 0.3) is 0 Å². The van der Waals surface area contributed by atoms with Crippen molar-refractivity contribution in [2.24, 2.45) is 11.1 Å². The maximum atomic E-state index is 5.79. The van der Waals surface area contributed by atoms with Crippen LogP contribution in [-0.4, -0.2) is 7.11 Å². The first-order valence-electron chi connectivity index (χ1n) is 6.57. The van der Waals surface area contributed by atoms with Gasteiger partial charge >= 0.3 is 0 Å². The van der Waals surface area contributed by atoms with Crippen molar-refractivity contribution in [1.29, 1.82) is 0 Å². The van der Waals surface area contributed by atoms with Gasteiger partial charge < -0.3 is 10.5 Å². The van der Waals surface area contributed by atoms with Crippen molar-refractivity contribution < 1.29 is 4.74 Å². The Hall–Kier alpha value is -1.02. The molecule has 0 unspecified atom stereocenters. The summed E-state index contributed by atoms with van der Waals surface area (Å²) in [5.41, 5.74) is 8.66. The molecule has 0 radical (unpaired) electrons. The molecule has 0 atom stereocenters. The minimum absolute atomic E-state index is 0.147. The van der Waals surface area contributed by atoms with E-state index in [2.05, 4.69) is 46.8 Å². The molecule has 0 saturated carbocycles. The van der Waals surface area contributed by atoms with E-state index in [1.807, 2.05) is 6.07 Å². The van der Waals surface area contributed by atoms with Gasteiger partial charge in [0.1, 0.15) is 5.75 Å². The van der Waals surface area contributed by atoms with E-state index in [4.69, 9.17) is 10.5 Å². The Bertz CT molecular complexity index is 402. The molecule has 1 aromatic carbocycles. The Morgan fingerprint density at radius 2 is 1.72 bits per heavy atom. The van der Waals surface area contributed by atoms with Gasteiger partial charge in [-0.25, -0.2) is 0 Å². The standard InChI is InChI=1S/C16H27NO/c1-15(2,3)11-16(4,5)13-7-8-14(18-6)12(9-13)10-17/h7-9H,10-11,17H2,1-6H3. The number of nitrogens with two attached hydrogens (primary N) is 1. The number of rotatable bonds is 4. The van der Waals surface area contributed by atoms with Crippen molar-refractivity contribution >= 4 is 0 Å². The van der Waals surface area contributed by atoms with Gasteiger partial charge in [-0.3, -0.25) is 0 Å². The minimum atomic E-state index is 0.147. The molecule has 2 heteroatoms. The third-order valence-electron chi connectivity index (χ3n) is 3.25. The van der Waals surface area contributed by atoms with Crippen LogP contribution in [0.1, 0.15) is 52.2 Å². The van der Waals surface area contributed by atoms with Crippen molar-refractivity contribution in [3.8, 4) is 5.75 Å². The number of benzene rings is 1. The van der Waals surface area contributed by atoms with Crippen LogP contribution in [0.25, 0.3) is 0 Å². The van der Waals surface area contributed by atoms with Gasteiger partial charge in [0.15, 0.2) is 0 Å². The van der Waals surface area contributed by atoms with Crippen molar-refractivity contribution in [2.75, 3.05) is 7.11 Å². The van der Waals surface area contributed by atoms with E-state index in [0.717, 1.165) is 17.7 Å². The van der Waals surface area contributed by atoms with E-state index in [9.17, 15) is 0 Å². The number of methoxy groups -OCH3 is 1. The normalized spacial score (nSPS) is 12.6. The Kier molecular flexibility index (Phi) is 4.44. The molecule has 0 amide bonds. The smallest absolute Gasteiger partial charge is 0.123 e. The summed E-state index contributed by atoms with van der Waals surface area (Å²) in [7, 11) is 1.69. The highest BCUT2D eigenvalue weighted by molar-refractivity contribution is 5.39. The van der Waals surface area contributed by atoms with E-state index >= 15 is 0 Å². The molecule has 2 nitrogen and oxygen atoms in total. The predicted molar refractivity (Wildman–Crippen MR) is 78.0 cm³/mol. The average molecular weight is 249 g/mol. The van der Waals surface area contributed by atoms with Crippen LogP contribution < -0.4 is 10.5 Å². The topological polar surface area (TPSA) is 35.2 Å². The van der Waals surface area contributed by atoms with E-state index in [-0.39, 0.29) is 5.41 Å². The number of hydrogen-bond donors (Lipinski definition) is 1. The van der Waals surface area contributed by atoms with Gasteiger partial charge in [0.05, 0.1) is 7.11 Å². The molecule has 0 aliphatic heterocycles. The lowest BCUT2D eigenvalue weighted by Gasteiger charge is -2.33. The lowest BCUT2D eigenvalue weighted by atomic mass is 9.72. The lowest BCUT2D eigenvalue weighted by molar-refractivity contribution is 0.284. The summed E-state index contributed by atoms with van der Waals surface area (Å²) in [4.78, 5) is 0. The summed E-state index contributed by atoms with van der Waals surface area (Å²) in [6, 6.07) is 6.37. The van der Waals surface area contributed by atoms with Gasteiger partial charge in [-0.1, -0.05) is 46.8 Å². The van der Waals surface area contributed by atoms with E-state index < -0.39 is 0 Å². The second kappa shape index (κ2) is 5.31. The summed E-state index contributed by atoms with van der Waals surface area (Å²) in [6.07, 6.45) is 1.14. The van der Waals surface area contributed by atoms with Gasteiger partial charge in [-0.05, 0) is 28.9 Å². The van der Waals surface area contributed by atoms with Crippen molar-refractivity contribution in [2.45, 2.75) is 53.0 Å². The molecule has 0 fully saturated rings. The highest BCUT2D eigenvalue weighted by Gasteiger charge is 2.27. The lowest BCUT2D eigenvalue weighted by Crippen LogP contribution is -2.25. The van der Waals surface area contributed by atoms with Gasteiger partial charge in [-0.2, -0.15) is 0 Å². The second-order valence-corrected chi connectivity index (χ2v) is 6.85. The Morgan fingerprint density at radius 1 is 1.11 bits per heavy atom. The first-order chi connectivity index (χ1) is 8.19. The fourth-order valence-corrected chi connectivity index (χ4v) is 2.79. The third kappa shape index (κ3) is 3.74. The molecule has 0 bridgehead atoms. The van der Waals surface area contributed by atoms with Crippen LogP contribution in [0.3, 0.4) is 0 Å². The fourth-order valence-electron chi connectivity index (χ4n) is 2.79. The molecule has 0 spiro atoms. The highest BCUT2D eigenvalue weighted by Crippen LogP contribution is 2.37. The number of ether oxygens (including phenoxy) is 1. The largest absolute Gasteiger partial charge is 0.496 e. The van der Waals surface area contributed by atoms with Gasteiger partial charge in [0.2, 0.25) is 0 Å². The molecule has 2 N–H and O–H groups in total. The minimum Gasteiger partial charge on any atom is -0.496 e. The molecule has 0 heterocycles. The Morgan fingerprint density at radius 3 is 2.17 bits per heavy atom. The zero-order valence-electron chi connectivity index (χ0n) is 12.6. The van der Waals surface area contributed by atoms with Gasteiger partial charge in [-0.15, -0.1) is 0 Å². The van der Waals surface area contributed by atoms with Crippen LogP contribution in [-0.2, 0) is 12.0 Å². The summed E-state index contributed by atoms with van der Waals surface area (Å²) in [6.45, 7) is 11.9. The maximum absolute atomic E-state index is 5.79. The molecule has 0 aliphatic carbocycles. The van der Waals surface area contributed by atoms with Crippen LogP contribution in [0, 0.1) is 5.41 Å². The van der Waals surface area contributed by atoms with Crippen molar-refractivity contribution in [3.05, 3.63) is 29.3 Å². The van der Waals surface area contributed by atoms with E-state index in [0.29, 0.717) is 12.0 Å². The summed E-state index contributed by atoms with van der Waals surface area (Å²) >= 11 is 0. The third-order valence-corrected chi connectivity index (χ3v) is 3.25. The van der Waals surface area contributed by atoms with Gasteiger partial charge in [0, 0.05) is 12.1 Å². The Labute approximate surface area is 112 Å². The van der Waals surface area contributed by atoms with E-state index in [1.165, 1.54) is 5.56 Å². The van der Waals surface area contributed by atoms with Crippen molar-refractivity contribution in [1.82, 2.24) is 0 Å². The van der Waals surface area contributed by atoms with E-state index in [1.54, 1.807) is 7.11 Å². The first kappa shape index (κ1) is 15.0. The monoisotopic (exact) mass is 249 g/mol. The maximum Gasteiger partial charge on any atom is 0.123 e. The zero-order valence-corrected chi connectivity index (χ0v) is 12.6. The molecule has 0 aliphatic rings. The van der Waals surface area contributed by atoms with Crippen LogP contribution in [0.4, 0.5) is 0 Å². The van der Waals surface area contributed by atoms with Crippen LogP contribution in [0.15, 0.2) is 18.2 Å². The molecule has 18 heavy (non-hydrogen) atoms. The molecular formula is C16H27NO. The predicted octanol–water partition coefficient (Wildman–Crippen LogP) is 3.87. The SMILES string of the molecule is COc1ccc(C(C)(C)CC(C)(C)C)cc1CN. The molecular weight excluding hydrogens is 222 g/mol. The van der Waals surface area contributed by atoms with Crippen molar-refractivity contribution in [3.63, 3.8) is 0 Å². The molecule has 0 aromatic heterocycles. The van der Waals surface area contributed by atoms with Crippen LogP contribution in [0.5, 0.6) is 5.75 Å². The highest BCUT2D eigenvalue weighted by atomic mass is 16.5. The van der Waals surface area contributed by atoms with Crippen LogP contribution >= 0.6 is 0 Å². The molecule has 1 rings (SSSR count). The first-order valence-corrected chi connectivity index (χ1v) is 6.57. The fraction of sp³-hybridized carbons (Fsp3) is 0.625. The quantitative estimate of drug-likeness (QED) is 0.879. The Balaban J connectivity index is 3.09. The number of hydrogen-bond acceptors (Lipinski definition) is 2. The molecule has 1 aromatic rings. The zero-order chi connectivity index (χ0) is 14.0. The summed E-state index contributed by atoms with van der Waals surface area (Å²) in [5, 5.41) is 0. The summed E-state index contributed by atoms with van der Waals surface area (Å²) in [5.74, 6) is 0.882. The van der Waals surface area contributed by atoms with Crippen LogP contribution in [0.2, 0.25) is 0 Å². The molecule has 102 valence electrons. The average Bonchev–Trinajstić information content (AvgIpc) is 2.24. The second-order valence-electron chi connectivity index (χ2n) is 6.85.